The predicted molar refractivity (Wildman–Crippen MR) is 74.7 cm³/mol. The van der Waals surface area contributed by atoms with Crippen LogP contribution >= 0.6 is 0 Å². The van der Waals surface area contributed by atoms with Gasteiger partial charge in [0, 0.05) is 18.7 Å². The molecule has 1 saturated heterocycles. The molecule has 2 atom stereocenters. The summed E-state index contributed by atoms with van der Waals surface area (Å²) in [4.78, 5) is 14.0. The van der Waals surface area contributed by atoms with E-state index in [4.69, 9.17) is 5.73 Å². The van der Waals surface area contributed by atoms with Crippen molar-refractivity contribution in [3.63, 3.8) is 0 Å². The monoisotopic (exact) mass is 246 g/mol. The largest absolute Gasteiger partial charge is 0.330 e. The van der Waals surface area contributed by atoms with Crippen LogP contribution in [0.3, 0.4) is 0 Å². The van der Waals surface area contributed by atoms with Gasteiger partial charge in [0.2, 0.25) is 5.91 Å². The van der Waals surface area contributed by atoms with Crippen LogP contribution in [0.4, 0.5) is 5.69 Å². The Hall–Kier alpha value is -1.35. The van der Waals surface area contributed by atoms with E-state index in [1.807, 2.05) is 17.0 Å². The molecule has 18 heavy (non-hydrogen) atoms. The summed E-state index contributed by atoms with van der Waals surface area (Å²) in [6.45, 7) is 5.74. The minimum Gasteiger partial charge on any atom is -0.330 e. The molecule has 98 valence electrons. The number of hydrogen-bond donors (Lipinski definition) is 1. The number of anilines is 1. The van der Waals surface area contributed by atoms with Gasteiger partial charge >= 0.3 is 0 Å². The van der Waals surface area contributed by atoms with Crippen LogP contribution in [0.15, 0.2) is 24.3 Å². The Kier molecular flexibility index (Phi) is 4.02. The van der Waals surface area contributed by atoms with Crippen molar-refractivity contribution in [2.24, 2.45) is 11.7 Å². The van der Waals surface area contributed by atoms with E-state index in [0.717, 1.165) is 18.7 Å². The maximum Gasteiger partial charge on any atom is 0.227 e. The SMILES string of the molecule is CCC(C)c1ccccc1N1CC(CN)CC1=O. The van der Waals surface area contributed by atoms with Crippen LogP contribution < -0.4 is 10.6 Å². The molecule has 0 radical (unpaired) electrons. The molecule has 2 unspecified atom stereocenters. The lowest BCUT2D eigenvalue weighted by atomic mass is 9.96. The highest BCUT2D eigenvalue weighted by atomic mass is 16.2. The van der Waals surface area contributed by atoms with Crippen molar-refractivity contribution in [2.75, 3.05) is 18.0 Å². The second-order valence-corrected chi connectivity index (χ2v) is 5.18. The molecule has 0 aliphatic carbocycles. The Morgan fingerprint density at radius 1 is 1.44 bits per heavy atom. The fourth-order valence-electron chi connectivity index (χ4n) is 2.54. The van der Waals surface area contributed by atoms with Crippen molar-refractivity contribution in [3.8, 4) is 0 Å². The molecule has 1 aromatic rings. The van der Waals surface area contributed by atoms with Crippen LogP contribution in [0.2, 0.25) is 0 Å². The van der Waals surface area contributed by atoms with Gasteiger partial charge in [-0.3, -0.25) is 4.79 Å². The Morgan fingerprint density at radius 2 is 2.17 bits per heavy atom. The molecule has 3 nitrogen and oxygen atoms in total. The lowest BCUT2D eigenvalue weighted by molar-refractivity contribution is -0.117. The molecule has 1 heterocycles. The van der Waals surface area contributed by atoms with Crippen molar-refractivity contribution in [2.45, 2.75) is 32.6 Å². The quantitative estimate of drug-likeness (QED) is 0.887. The molecule has 0 spiro atoms. The highest BCUT2D eigenvalue weighted by molar-refractivity contribution is 5.96. The van der Waals surface area contributed by atoms with E-state index >= 15 is 0 Å². The number of amides is 1. The number of nitrogens with zero attached hydrogens (tertiary/aromatic N) is 1. The maximum atomic E-state index is 12.1. The third-order valence-electron chi connectivity index (χ3n) is 3.91. The molecule has 1 aliphatic rings. The van der Waals surface area contributed by atoms with Crippen molar-refractivity contribution >= 4 is 11.6 Å². The number of carbonyl (C=O) groups excluding carboxylic acids is 1. The average Bonchev–Trinajstić information content (AvgIpc) is 2.79. The molecule has 0 saturated carbocycles. The van der Waals surface area contributed by atoms with Gasteiger partial charge in [0.25, 0.3) is 0 Å². The number of hydrogen-bond acceptors (Lipinski definition) is 2. The number of benzene rings is 1. The summed E-state index contributed by atoms with van der Waals surface area (Å²) in [6, 6.07) is 8.24. The predicted octanol–water partition coefficient (Wildman–Crippen LogP) is 2.51. The maximum absolute atomic E-state index is 12.1. The molecule has 0 aromatic heterocycles. The average molecular weight is 246 g/mol. The molecule has 3 heteroatoms. The number of carbonyl (C=O) groups is 1. The molecule has 1 fully saturated rings. The molecule has 2 N–H and O–H groups in total. The van der Waals surface area contributed by atoms with Gasteiger partial charge in [-0.05, 0) is 36.4 Å². The van der Waals surface area contributed by atoms with Gasteiger partial charge in [-0.25, -0.2) is 0 Å². The highest BCUT2D eigenvalue weighted by Crippen LogP contribution is 2.33. The first-order valence-corrected chi connectivity index (χ1v) is 6.76. The summed E-state index contributed by atoms with van der Waals surface area (Å²) in [5, 5.41) is 0. The van der Waals surface area contributed by atoms with E-state index < -0.39 is 0 Å². The van der Waals surface area contributed by atoms with Crippen LogP contribution in [0, 0.1) is 5.92 Å². The minimum absolute atomic E-state index is 0.209. The first-order chi connectivity index (χ1) is 8.67. The zero-order chi connectivity index (χ0) is 13.1. The first kappa shape index (κ1) is 13.1. The summed E-state index contributed by atoms with van der Waals surface area (Å²) in [7, 11) is 0. The van der Waals surface area contributed by atoms with E-state index in [9.17, 15) is 4.79 Å². The van der Waals surface area contributed by atoms with E-state index in [1.54, 1.807) is 0 Å². The molecule has 1 aliphatic heterocycles. The van der Waals surface area contributed by atoms with Crippen LogP contribution in [-0.4, -0.2) is 19.0 Å². The summed E-state index contributed by atoms with van der Waals surface area (Å²) in [5.41, 5.74) is 8.03. The van der Waals surface area contributed by atoms with Crippen LogP contribution in [-0.2, 0) is 4.79 Å². The standard InChI is InChI=1S/C15H22N2O/c1-3-11(2)13-6-4-5-7-14(13)17-10-12(9-16)8-15(17)18/h4-7,11-12H,3,8-10,16H2,1-2H3. The van der Waals surface area contributed by atoms with Crippen molar-refractivity contribution in [1.29, 1.82) is 0 Å². The van der Waals surface area contributed by atoms with E-state index in [0.29, 0.717) is 24.8 Å². The fourth-order valence-corrected chi connectivity index (χ4v) is 2.54. The van der Waals surface area contributed by atoms with Crippen LogP contribution in [0.1, 0.15) is 38.2 Å². The lowest BCUT2D eigenvalue weighted by Crippen LogP contribution is -2.27. The third-order valence-corrected chi connectivity index (χ3v) is 3.91. The second kappa shape index (κ2) is 5.53. The van der Waals surface area contributed by atoms with Crippen molar-refractivity contribution in [1.82, 2.24) is 0 Å². The summed E-state index contributed by atoms with van der Waals surface area (Å²) < 4.78 is 0. The van der Waals surface area contributed by atoms with Gasteiger partial charge in [-0.15, -0.1) is 0 Å². The Morgan fingerprint density at radius 3 is 2.78 bits per heavy atom. The van der Waals surface area contributed by atoms with Crippen molar-refractivity contribution in [3.05, 3.63) is 29.8 Å². The number of rotatable bonds is 4. The number of para-hydroxylation sites is 1. The normalized spacial score (nSPS) is 21.4. The van der Waals surface area contributed by atoms with Crippen LogP contribution in [0.25, 0.3) is 0 Å². The summed E-state index contributed by atoms with van der Waals surface area (Å²) in [5.74, 6) is 0.995. The zero-order valence-electron chi connectivity index (χ0n) is 11.2. The van der Waals surface area contributed by atoms with E-state index in [-0.39, 0.29) is 5.91 Å². The molecule has 2 rings (SSSR count). The molecular weight excluding hydrogens is 224 g/mol. The third kappa shape index (κ3) is 2.41. The van der Waals surface area contributed by atoms with Crippen LogP contribution in [0.5, 0.6) is 0 Å². The zero-order valence-corrected chi connectivity index (χ0v) is 11.2. The smallest absolute Gasteiger partial charge is 0.227 e. The Bertz CT molecular complexity index is 430. The summed E-state index contributed by atoms with van der Waals surface area (Å²) in [6.07, 6.45) is 1.67. The molecule has 1 amide bonds. The first-order valence-electron chi connectivity index (χ1n) is 6.76. The topological polar surface area (TPSA) is 46.3 Å². The van der Waals surface area contributed by atoms with Crippen molar-refractivity contribution < 1.29 is 4.79 Å². The van der Waals surface area contributed by atoms with Gasteiger partial charge in [0.15, 0.2) is 0 Å². The number of nitrogens with two attached hydrogens (primary N) is 1. The minimum atomic E-state index is 0.209. The Labute approximate surface area is 109 Å². The van der Waals surface area contributed by atoms with Gasteiger partial charge in [0.1, 0.15) is 0 Å². The highest BCUT2D eigenvalue weighted by Gasteiger charge is 2.31. The molecule has 0 bridgehead atoms. The molecular formula is C15H22N2O. The van der Waals surface area contributed by atoms with E-state index in [2.05, 4.69) is 26.0 Å². The fraction of sp³-hybridized carbons (Fsp3) is 0.533. The molecule has 1 aromatic carbocycles. The second-order valence-electron chi connectivity index (χ2n) is 5.18. The van der Waals surface area contributed by atoms with Gasteiger partial charge in [-0.2, -0.15) is 0 Å². The Balaban J connectivity index is 2.31. The van der Waals surface area contributed by atoms with E-state index in [1.165, 1.54) is 5.56 Å². The van der Waals surface area contributed by atoms with Gasteiger partial charge in [-0.1, -0.05) is 32.0 Å². The van der Waals surface area contributed by atoms with Gasteiger partial charge in [0.05, 0.1) is 0 Å². The lowest BCUT2D eigenvalue weighted by Gasteiger charge is -2.23. The summed E-state index contributed by atoms with van der Waals surface area (Å²) >= 11 is 0. The van der Waals surface area contributed by atoms with Gasteiger partial charge < -0.3 is 10.6 Å².